The van der Waals surface area contributed by atoms with Crippen molar-refractivity contribution < 1.29 is 0 Å². The van der Waals surface area contributed by atoms with Gasteiger partial charge in [-0.15, -0.1) is 0 Å². The number of hydrogen-bond donors (Lipinski definition) is 0. The van der Waals surface area contributed by atoms with Crippen LogP contribution in [0.3, 0.4) is 0 Å². The molecule has 2 heteroatoms. The zero-order chi connectivity index (χ0) is 31.0. The molecule has 7 aromatic carbocycles. The summed E-state index contributed by atoms with van der Waals surface area (Å²) in [6.07, 6.45) is 0. The number of aryl methyl sites for hydroxylation is 1. The summed E-state index contributed by atoms with van der Waals surface area (Å²) in [5, 5.41) is 5.11. The average molecular weight is 591 g/mol. The highest BCUT2D eigenvalue weighted by molar-refractivity contribution is 6.11. The number of aromatic nitrogens is 1. The lowest BCUT2D eigenvalue weighted by molar-refractivity contribution is 0.660. The third-order valence-electron chi connectivity index (χ3n) is 10.0. The monoisotopic (exact) mass is 590 g/mol. The fourth-order valence-electron chi connectivity index (χ4n) is 7.77. The van der Waals surface area contributed by atoms with Crippen molar-refractivity contribution in [1.29, 1.82) is 0 Å². The Hall–Kier alpha value is -5.60. The second-order valence-corrected chi connectivity index (χ2v) is 13.1. The van der Waals surface area contributed by atoms with E-state index in [4.69, 9.17) is 0 Å². The molecule has 1 aliphatic carbocycles. The van der Waals surface area contributed by atoms with Gasteiger partial charge in [0.05, 0.1) is 16.7 Å². The van der Waals surface area contributed by atoms with Gasteiger partial charge in [0.25, 0.3) is 0 Å². The number of para-hydroxylation sites is 3. The largest absolute Gasteiger partial charge is 0.310 e. The van der Waals surface area contributed by atoms with E-state index >= 15 is 0 Å². The van der Waals surface area contributed by atoms with Gasteiger partial charge in [0.1, 0.15) is 0 Å². The highest BCUT2D eigenvalue weighted by Crippen LogP contribution is 2.55. The first-order valence-electron chi connectivity index (χ1n) is 16.1. The zero-order valence-corrected chi connectivity index (χ0v) is 26.3. The zero-order valence-electron chi connectivity index (χ0n) is 26.3. The van der Waals surface area contributed by atoms with E-state index in [0.29, 0.717) is 0 Å². The predicted molar refractivity (Wildman–Crippen MR) is 195 cm³/mol. The molecule has 9 rings (SSSR count). The molecule has 0 aliphatic heterocycles. The molecule has 0 spiro atoms. The lowest BCUT2D eigenvalue weighted by Gasteiger charge is -2.30. The number of hydrogen-bond acceptors (Lipinski definition) is 1. The maximum absolute atomic E-state index is 2.46. The highest BCUT2D eigenvalue weighted by atomic mass is 15.1. The summed E-state index contributed by atoms with van der Waals surface area (Å²) in [5.41, 5.74) is 13.7. The molecule has 220 valence electrons. The van der Waals surface area contributed by atoms with E-state index in [0.717, 1.165) is 11.4 Å². The molecule has 0 saturated heterocycles. The smallest absolute Gasteiger partial charge is 0.0543 e. The summed E-state index contributed by atoms with van der Waals surface area (Å²) in [4.78, 5) is 2.42. The van der Waals surface area contributed by atoms with Gasteiger partial charge in [0.2, 0.25) is 0 Å². The maximum atomic E-state index is 2.46. The molecule has 0 N–H and O–H groups in total. The minimum absolute atomic E-state index is 0.201. The summed E-state index contributed by atoms with van der Waals surface area (Å²) < 4.78 is 2.43. The number of benzene rings is 7. The molecule has 0 saturated carbocycles. The standard InChI is InChI=1S/C44H34N2/c1-29-21-23-31(24-22-29)45(30-13-5-4-6-14-30)42-28-39-43(36-18-8-7-17-35(36)42)37-26-25-32(27-38(37)44(39,2)3)46-40-19-11-9-15-33(40)34-16-10-12-20-41(34)46/h4-28H,1-3H3. The topological polar surface area (TPSA) is 8.17 Å². The first-order valence-corrected chi connectivity index (χ1v) is 16.1. The van der Waals surface area contributed by atoms with Crippen molar-refractivity contribution in [2.45, 2.75) is 26.2 Å². The van der Waals surface area contributed by atoms with Gasteiger partial charge in [0, 0.05) is 38.6 Å². The van der Waals surface area contributed by atoms with Crippen LogP contribution in [0.4, 0.5) is 17.1 Å². The second-order valence-electron chi connectivity index (χ2n) is 13.1. The highest BCUT2D eigenvalue weighted by Gasteiger charge is 2.38. The SMILES string of the molecule is Cc1ccc(N(c2ccccc2)c2cc3c(c4ccccc24)-c2ccc(-n4c5ccccc5c5ccccc54)cc2C3(C)C)cc1. The Labute approximate surface area is 269 Å². The Bertz CT molecular complexity index is 2390. The lowest BCUT2D eigenvalue weighted by atomic mass is 9.81. The molecule has 1 aromatic heterocycles. The number of rotatable bonds is 4. The fraction of sp³-hybridized carbons (Fsp3) is 0.0909. The van der Waals surface area contributed by atoms with Crippen molar-refractivity contribution in [3.05, 3.63) is 168 Å². The Kier molecular flexibility index (Phi) is 5.79. The number of anilines is 3. The van der Waals surface area contributed by atoms with Crippen molar-refractivity contribution in [3.63, 3.8) is 0 Å². The van der Waals surface area contributed by atoms with Crippen LogP contribution in [-0.2, 0) is 5.41 Å². The number of nitrogens with zero attached hydrogens (tertiary/aromatic N) is 2. The summed E-state index contributed by atoms with van der Waals surface area (Å²) in [7, 11) is 0. The van der Waals surface area contributed by atoms with Crippen LogP contribution in [0.15, 0.2) is 152 Å². The third kappa shape index (κ3) is 3.83. The van der Waals surface area contributed by atoms with E-state index in [2.05, 4.69) is 182 Å². The van der Waals surface area contributed by atoms with Crippen LogP contribution in [0.1, 0.15) is 30.5 Å². The van der Waals surface area contributed by atoms with Crippen LogP contribution in [0.25, 0.3) is 49.4 Å². The molecule has 1 heterocycles. The van der Waals surface area contributed by atoms with Gasteiger partial charge in [-0.1, -0.05) is 116 Å². The van der Waals surface area contributed by atoms with Gasteiger partial charge < -0.3 is 9.47 Å². The molecule has 8 aromatic rings. The van der Waals surface area contributed by atoms with Crippen LogP contribution in [0, 0.1) is 6.92 Å². The molecule has 2 nitrogen and oxygen atoms in total. The summed E-state index contributed by atoms with van der Waals surface area (Å²) in [5.74, 6) is 0. The van der Waals surface area contributed by atoms with Gasteiger partial charge >= 0.3 is 0 Å². The van der Waals surface area contributed by atoms with Crippen molar-refractivity contribution in [2.75, 3.05) is 4.90 Å². The molecule has 0 amide bonds. The molecule has 1 aliphatic rings. The maximum Gasteiger partial charge on any atom is 0.0543 e. The van der Waals surface area contributed by atoms with Gasteiger partial charge in [-0.05, 0) is 89.2 Å². The predicted octanol–water partition coefficient (Wildman–Crippen LogP) is 12.0. The molecular weight excluding hydrogens is 556 g/mol. The van der Waals surface area contributed by atoms with E-state index in [1.807, 2.05) is 0 Å². The van der Waals surface area contributed by atoms with Crippen molar-refractivity contribution in [2.24, 2.45) is 0 Å². The van der Waals surface area contributed by atoms with Gasteiger partial charge in [-0.3, -0.25) is 0 Å². The third-order valence-corrected chi connectivity index (χ3v) is 10.0. The van der Waals surface area contributed by atoms with E-state index in [1.165, 1.54) is 71.8 Å². The van der Waals surface area contributed by atoms with Crippen LogP contribution in [0.5, 0.6) is 0 Å². The summed E-state index contributed by atoms with van der Waals surface area (Å²) in [6.45, 7) is 6.93. The summed E-state index contributed by atoms with van der Waals surface area (Å²) in [6, 6.07) is 55.7. The average Bonchev–Trinajstić information content (AvgIpc) is 3.55. The first-order chi connectivity index (χ1) is 22.5. The molecule has 0 unspecified atom stereocenters. The summed E-state index contributed by atoms with van der Waals surface area (Å²) >= 11 is 0. The molecule has 0 atom stereocenters. The van der Waals surface area contributed by atoms with Gasteiger partial charge in [0.15, 0.2) is 0 Å². The van der Waals surface area contributed by atoms with Crippen molar-refractivity contribution >= 4 is 49.6 Å². The Balaban J connectivity index is 1.29. The Morgan fingerprint density at radius 2 is 1.07 bits per heavy atom. The van der Waals surface area contributed by atoms with Crippen LogP contribution < -0.4 is 4.90 Å². The Morgan fingerprint density at radius 1 is 0.500 bits per heavy atom. The van der Waals surface area contributed by atoms with Crippen molar-refractivity contribution in [1.82, 2.24) is 4.57 Å². The fourth-order valence-corrected chi connectivity index (χ4v) is 7.77. The normalized spacial score (nSPS) is 13.3. The minimum Gasteiger partial charge on any atom is -0.310 e. The van der Waals surface area contributed by atoms with Crippen LogP contribution in [0.2, 0.25) is 0 Å². The van der Waals surface area contributed by atoms with Gasteiger partial charge in [-0.25, -0.2) is 0 Å². The molecule has 0 radical (unpaired) electrons. The first kappa shape index (κ1) is 26.8. The van der Waals surface area contributed by atoms with E-state index in [1.54, 1.807) is 0 Å². The van der Waals surface area contributed by atoms with Crippen molar-refractivity contribution in [3.8, 4) is 16.8 Å². The minimum atomic E-state index is -0.201. The Morgan fingerprint density at radius 3 is 1.74 bits per heavy atom. The lowest BCUT2D eigenvalue weighted by Crippen LogP contribution is -2.17. The van der Waals surface area contributed by atoms with Crippen LogP contribution >= 0.6 is 0 Å². The van der Waals surface area contributed by atoms with E-state index in [-0.39, 0.29) is 5.41 Å². The molecule has 0 bridgehead atoms. The van der Waals surface area contributed by atoms with E-state index in [9.17, 15) is 0 Å². The molecule has 46 heavy (non-hydrogen) atoms. The number of fused-ring (bicyclic) bond motifs is 8. The van der Waals surface area contributed by atoms with E-state index < -0.39 is 0 Å². The van der Waals surface area contributed by atoms with Crippen LogP contribution in [-0.4, -0.2) is 4.57 Å². The van der Waals surface area contributed by atoms with Gasteiger partial charge in [-0.2, -0.15) is 0 Å². The molecular formula is C44H34N2. The molecule has 0 fully saturated rings. The second kappa shape index (κ2) is 9.95. The quantitative estimate of drug-likeness (QED) is 0.198.